The molecule has 2 atom stereocenters. The van der Waals surface area contributed by atoms with Gasteiger partial charge in [-0.2, -0.15) is 0 Å². The third-order valence-corrected chi connectivity index (χ3v) is 7.72. The highest BCUT2D eigenvalue weighted by Crippen LogP contribution is 2.49. The summed E-state index contributed by atoms with van der Waals surface area (Å²) in [6.07, 6.45) is 9.42. The number of phenols is 2. The second-order valence-electron chi connectivity index (χ2n) is 10.6. The highest BCUT2D eigenvalue weighted by molar-refractivity contribution is 5.54. The van der Waals surface area contributed by atoms with E-state index in [-0.39, 0.29) is 25.0 Å². The minimum absolute atomic E-state index is 0.123. The maximum atomic E-state index is 11.3. The van der Waals surface area contributed by atoms with E-state index in [9.17, 15) is 20.4 Å². The molecule has 35 heavy (non-hydrogen) atoms. The van der Waals surface area contributed by atoms with Crippen molar-refractivity contribution in [2.24, 2.45) is 11.8 Å². The Bertz CT molecular complexity index is 958. The van der Waals surface area contributed by atoms with Crippen molar-refractivity contribution >= 4 is 0 Å². The molecule has 2 aromatic rings. The maximum absolute atomic E-state index is 11.3. The fourth-order valence-corrected chi connectivity index (χ4v) is 5.82. The molecule has 192 valence electrons. The zero-order valence-corrected chi connectivity index (χ0v) is 22.0. The Kier molecular flexibility index (Phi) is 9.82. The number of phenolic OH excluding ortho intramolecular Hbond substituents is 2. The second kappa shape index (κ2) is 12.6. The van der Waals surface area contributed by atoms with E-state index in [0.717, 1.165) is 73.6 Å². The number of aliphatic hydroxyl groups excluding tert-OH is 2. The Hall–Kier alpha value is -2.30. The molecule has 0 saturated heterocycles. The fourth-order valence-electron chi connectivity index (χ4n) is 5.82. The molecular weight excluding hydrogens is 436 g/mol. The first-order chi connectivity index (χ1) is 16.8. The van der Waals surface area contributed by atoms with Crippen LogP contribution in [0.3, 0.4) is 0 Å². The quantitative estimate of drug-likeness (QED) is 0.219. The topological polar surface area (TPSA) is 80.9 Å². The Morgan fingerprint density at radius 1 is 0.771 bits per heavy atom. The van der Waals surface area contributed by atoms with E-state index >= 15 is 0 Å². The van der Waals surface area contributed by atoms with Crippen molar-refractivity contribution in [1.82, 2.24) is 0 Å². The van der Waals surface area contributed by atoms with Gasteiger partial charge < -0.3 is 20.4 Å². The van der Waals surface area contributed by atoms with Gasteiger partial charge in [-0.15, -0.1) is 0 Å². The highest BCUT2D eigenvalue weighted by atomic mass is 16.3. The van der Waals surface area contributed by atoms with Crippen LogP contribution in [-0.4, -0.2) is 33.6 Å². The van der Waals surface area contributed by atoms with Crippen molar-refractivity contribution in [1.29, 1.82) is 0 Å². The fraction of sp³-hybridized carbons (Fsp3) is 0.548. The van der Waals surface area contributed by atoms with E-state index in [0.29, 0.717) is 17.4 Å². The Balaban J connectivity index is 2.15. The molecule has 0 aromatic heterocycles. The smallest absolute Gasteiger partial charge is 0.122 e. The van der Waals surface area contributed by atoms with E-state index in [4.69, 9.17) is 0 Å². The van der Waals surface area contributed by atoms with E-state index < -0.39 is 0 Å². The zero-order valence-electron chi connectivity index (χ0n) is 22.0. The number of benzene rings is 2. The van der Waals surface area contributed by atoms with Crippen molar-refractivity contribution < 1.29 is 20.4 Å². The predicted octanol–water partition coefficient (Wildman–Crippen LogP) is 6.47. The van der Waals surface area contributed by atoms with Crippen LogP contribution in [0.25, 0.3) is 0 Å². The Labute approximate surface area is 211 Å². The summed E-state index contributed by atoms with van der Waals surface area (Å²) >= 11 is 0. The molecule has 1 aliphatic carbocycles. The molecule has 1 aliphatic rings. The molecule has 3 rings (SSSR count). The second-order valence-corrected chi connectivity index (χ2v) is 10.6. The molecule has 4 N–H and O–H groups in total. The molecule has 4 nitrogen and oxygen atoms in total. The van der Waals surface area contributed by atoms with Crippen LogP contribution < -0.4 is 0 Å². The summed E-state index contributed by atoms with van der Waals surface area (Å²) < 4.78 is 0. The van der Waals surface area contributed by atoms with Gasteiger partial charge in [0.1, 0.15) is 11.5 Å². The molecule has 4 heteroatoms. The molecule has 0 heterocycles. The number of allylic oxidation sites excluding steroid dienone is 2. The van der Waals surface area contributed by atoms with Gasteiger partial charge in [-0.3, -0.25) is 0 Å². The summed E-state index contributed by atoms with van der Waals surface area (Å²) in [5.41, 5.74) is 7.25. The largest absolute Gasteiger partial charge is 0.507 e. The van der Waals surface area contributed by atoms with Crippen LogP contribution in [0.2, 0.25) is 0 Å². The van der Waals surface area contributed by atoms with Crippen molar-refractivity contribution in [3.05, 3.63) is 69.3 Å². The minimum atomic E-state index is -0.123. The zero-order chi connectivity index (χ0) is 25.5. The van der Waals surface area contributed by atoms with Gasteiger partial charge in [0.15, 0.2) is 0 Å². The molecule has 0 aliphatic heterocycles. The lowest BCUT2D eigenvalue weighted by Crippen LogP contribution is -2.24. The number of aromatic hydroxyl groups is 2. The lowest BCUT2D eigenvalue weighted by molar-refractivity contribution is 0.284. The molecule has 0 saturated carbocycles. The van der Waals surface area contributed by atoms with Gasteiger partial charge >= 0.3 is 0 Å². The summed E-state index contributed by atoms with van der Waals surface area (Å²) in [7, 11) is 0. The first-order valence-electron chi connectivity index (χ1n) is 13.3. The maximum Gasteiger partial charge on any atom is 0.122 e. The summed E-state index contributed by atoms with van der Waals surface area (Å²) in [5.74, 6) is 1.10. The van der Waals surface area contributed by atoms with Crippen molar-refractivity contribution in [2.75, 3.05) is 13.2 Å². The van der Waals surface area contributed by atoms with E-state index in [1.807, 2.05) is 13.8 Å². The van der Waals surface area contributed by atoms with Gasteiger partial charge in [0, 0.05) is 30.3 Å². The third-order valence-electron chi connectivity index (χ3n) is 7.72. The number of unbranched alkanes of at least 4 members (excludes halogenated alkanes) is 2. The lowest BCUT2D eigenvalue weighted by atomic mass is 9.68. The summed E-state index contributed by atoms with van der Waals surface area (Å²) in [6.45, 7) is 8.73. The first kappa shape index (κ1) is 27.3. The van der Waals surface area contributed by atoms with Gasteiger partial charge in [0.25, 0.3) is 0 Å². The summed E-state index contributed by atoms with van der Waals surface area (Å²) in [4.78, 5) is 0. The summed E-state index contributed by atoms with van der Waals surface area (Å²) in [5, 5.41) is 41.1. The molecule has 0 bridgehead atoms. The minimum Gasteiger partial charge on any atom is -0.507 e. The van der Waals surface area contributed by atoms with Gasteiger partial charge in [0.2, 0.25) is 0 Å². The summed E-state index contributed by atoms with van der Waals surface area (Å²) in [6, 6.07) is 8.38. The van der Waals surface area contributed by atoms with E-state index in [1.165, 1.54) is 16.7 Å². The van der Waals surface area contributed by atoms with E-state index in [1.54, 1.807) is 0 Å². The Morgan fingerprint density at radius 3 is 1.69 bits per heavy atom. The number of hydrogen-bond donors (Lipinski definition) is 4. The average molecular weight is 481 g/mol. The van der Waals surface area contributed by atoms with Crippen molar-refractivity contribution in [2.45, 2.75) is 85.0 Å². The molecule has 0 fully saturated rings. The van der Waals surface area contributed by atoms with Gasteiger partial charge in [-0.25, -0.2) is 0 Å². The van der Waals surface area contributed by atoms with Crippen LogP contribution in [0, 0.1) is 25.7 Å². The van der Waals surface area contributed by atoms with Gasteiger partial charge in [-0.05, 0) is 106 Å². The van der Waals surface area contributed by atoms with Gasteiger partial charge in [-0.1, -0.05) is 42.8 Å². The predicted molar refractivity (Wildman–Crippen MR) is 143 cm³/mol. The SMILES string of the molecule is CC1=CC(C)C(C(c2cc(CCCCO)cc(C)c2O)c2cc(CCCCO)cc(C)c2O)CC1. The highest BCUT2D eigenvalue weighted by Gasteiger charge is 2.35. The third kappa shape index (κ3) is 6.68. The Morgan fingerprint density at radius 2 is 1.26 bits per heavy atom. The van der Waals surface area contributed by atoms with Crippen molar-refractivity contribution in [3.8, 4) is 11.5 Å². The van der Waals surface area contributed by atoms with Crippen molar-refractivity contribution in [3.63, 3.8) is 0 Å². The molecular formula is C31H44O4. The molecule has 2 unspecified atom stereocenters. The van der Waals surface area contributed by atoms with E-state index in [2.05, 4.69) is 44.2 Å². The molecule has 2 aromatic carbocycles. The van der Waals surface area contributed by atoms with Crippen LogP contribution in [0.4, 0.5) is 0 Å². The molecule has 0 spiro atoms. The monoisotopic (exact) mass is 480 g/mol. The average Bonchev–Trinajstić information content (AvgIpc) is 2.81. The molecule has 0 radical (unpaired) electrons. The molecule has 0 amide bonds. The van der Waals surface area contributed by atoms with Crippen LogP contribution in [0.1, 0.15) is 91.7 Å². The van der Waals surface area contributed by atoms with Crippen LogP contribution in [0.5, 0.6) is 11.5 Å². The van der Waals surface area contributed by atoms with Gasteiger partial charge in [0.05, 0.1) is 0 Å². The number of aryl methyl sites for hydroxylation is 4. The first-order valence-corrected chi connectivity index (χ1v) is 13.3. The van der Waals surface area contributed by atoms with Crippen LogP contribution in [0.15, 0.2) is 35.9 Å². The van der Waals surface area contributed by atoms with Crippen LogP contribution in [-0.2, 0) is 12.8 Å². The normalized spacial score (nSPS) is 18.2. The lowest BCUT2D eigenvalue weighted by Gasteiger charge is -2.36. The standard InChI is InChI=1S/C31H44O4/c1-20-11-12-26(21(2)15-20)29(27-18-24(9-5-7-13-32)16-22(3)30(27)34)28-19-25(10-6-8-14-33)17-23(4)31(28)35/h15-19,21,26,29,32-35H,5-14H2,1-4H3. The van der Waals surface area contributed by atoms with Crippen LogP contribution >= 0.6 is 0 Å². The number of rotatable bonds is 11. The number of aliphatic hydroxyl groups is 2. The number of hydrogen-bond acceptors (Lipinski definition) is 4.